The van der Waals surface area contributed by atoms with Gasteiger partial charge in [0.15, 0.2) is 0 Å². The van der Waals surface area contributed by atoms with Gasteiger partial charge in [0.1, 0.15) is 17.9 Å². The highest BCUT2D eigenvalue weighted by molar-refractivity contribution is 5.78. The van der Waals surface area contributed by atoms with Crippen molar-refractivity contribution in [1.82, 2.24) is 5.32 Å². The molecule has 2 N–H and O–H groups in total. The lowest BCUT2D eigenvalue weighted by molar-refractivity contribution is -0.384. The number of carboxylic acid groups (broad SMARTS) is 1. The zero-order valence-corrected chi connectivity index (χ0v) is 12.4. The van der Waals surface area contributed by atoms with E-state index in [0.717, 1.165) is 6.42 Å². The maximum atomic E-state index is 11.3. The van der Waals surface area contributed by atoms with Gasteiger partial charge in [-0.1, -0.05) is 6.92 Å². The molecule has 0 amide bonds. The van der Waals surface area contributed by atoms with E-state index in [0.29, 0.717) is 17.9 Å². The van der Waals surface area contributed by atoms with Crippen LogP contribution in [-0.2, 0) is 4.79 Å². The molecule has 1 rings (SSSR count). The standard InChI is InChI=1S/C14H20N2O5/c1-4-7-15-14(3,13(17)18)9-21-12-6-5-11(16(19)20)8-10(12)2/h5-6,8,15H,4,7,9H2,1-3H3,(H,17,18). The molecule has 0 aliphatic heterocycles. The van der Waals surface area contributed by atoms with Crippen LogP contribution in [0.15, 0.2) is 18.2 Å². The molecule has 1 aromatic rings. The molecule has 1 atom stereocenters. The average Bonchev–Trinajstić information content (AvgIpc) is 2.43. The van der Waals surface area contributed by atoms with Gasteiger partial charge < -0.3 is 9.84 Å². The van der Waals surface area contributed by atoms with Crippen molar-refractivity contribution in [3.05, 3.63) is 33.9 Å². The Hall–Kier alpha value is -2.15. The van der Waals surface area contributed by atoms with Crippen molar-refractivity contribution < 1.29 is 19.6 Å². The number of hydrogen-bond donors (Lipinski definition) is 2. The van der Waals surface area contributed by atoms with Gasteiger partial charge in [-0.2, -0.15) is 0 Å². The number of nitro benzene ring substituents is 1. The summed E-state index contributed by atoms with van der Waals surface area (Å²) in [6.45, 7) is 5.66. The summed E-state index contributed by atoms with van der Waals surface area (Å²) in [6, 6.07) is 4.21. The van der Waals surface area contributed by atoms with Gasteiger partial charge in [-0.05, 0) is 38.4 Å². The van der Waals surface area contributed by atoms with Gasteiger partial charge in [0.05, 0.1) is 4.92 Å². The molecule has 116 valence electrons. The van der Waals surface area contributed by atoms with Crippen LogP contribution in [0.1, 0.15) is 25.8 Å². The highest BCUT2D eigenvalue weighted by Gasteiger charge is 2.33. The minimum absolute atomic E-state index is 0.0232. The Morgan fingerprint density at radius 3 is 2.67 bits per heavy atom. The molecular formula is C14H20N2O5. The van der Waals surface area contributed by atoms with Gasteiger partial charge >= 0.3 is 5.97 Å². The van der Waals surface area contributed by atoms with Gasteiger partial charge in [0.2, 0.25) is 0 Å². The Bertz CT molecular complexity index is 532. The fourth-order valence-electron chi connectivity index (χ4n) is 1.72. The first kappa shape index (κ1) is 16.9. The molecule has 7 nitrogen and oxygen atoms in total. The van der Waals surface area contributed by atoms with Crippen LogP contribution in [0.3, 0.4) is 0 Å². The summed E-state index contributed by atoms with van der Waals surface area (Å²) >= 11 is 0. The van der Waals surface area contributed by atoms with Crippen LogP contribution in [0.4, 0.5) is 5.69 Å². The van der Waals surface area contributed by atoms with E-state index in [1.54, 1.807) is 13.8 Å². The number of aliphatic carboxylic acids is 1. The smallest absolute Gasteiger partial charge is 0.327 e. The third-order valence-electron chi connectivity index (χ3n) is 3.12. The molecule has 7 heteroatoms. The third kappa shape index (κ3) is 4.42. The topological polar surface area (TPSA) is 102 Å². The number of nitro groups is 1. The molecule has 0 radical (unpaired) electrons. The minimum Gasteiger partial charge on any atom is -0.491 e. The summed E-state index contributed by atoms with van der Waals surface area (Å²) in [4.78, 5) is 21.5. The van der Waals surface area contributed by atoms with Gasteiger partial charge in [0, 0.05) is 12.1 Å². The second-order valence-electron chi connectivity index (χ2n) is 5.06. The zero-order valence-electron chi connectivity index (χ0n) is 12.4. The maximum Gasteiger partial charge on any atom is 0.327 e. The van der Waals surface area contributed by atoms with Crippen LogP contribution in [0.2, 0.25) is 0 Å². The summed E-state index contributed by atoms with van der Waals surface area (Å²) in [5, 5.41) is 22.9. The molecule has 0 heterocycles. The molecule has 0 aliphatic carbocycles. The number of hydrogen-bond acceptors (Lipinski definition) is 5. The van der Waals surface area contributed by atoms with E-state index in [1.807, 2.05) is 6.92 Å². The quantitative estimate of drug-likeness (QED) is 0.563. The van der Waals surface area contributed by atoms with Crippen LogP contribution < -0.4 is 10.1 Å². The van der Waals surface area contributed by atoms with Crippen LogP contribution in [0.5, 0.6) is 5.75 Å². The number of non-ortho nitro benzene ring substituents is 1. The highest BCUT2D eigenvalue weighted by atomic mass is 16.6. The van der Waals surface area contributed by atoms with E-state index in [1.165, 1.54) is 18.2 Å². The first-order valence-corrected chi connectivity index (χ1v) is 6.66. The molecule has 1 unspecified atom stereocenters. The van der Waals surface area contributed by atoms with Crippen molar-refractivity contribution in [3.8, 4) is 5.75 Å². The number of nitrogens with one attached hydrogen (secondary N) is 1. The number of benzene rings is 1. The maximum absolute atomic E-state index is 11.3. The van der Waals surface area contributed by atoms with Crippen molar-refractivity contribution in [1.29, 1.82) is 0 Å². The number of aryl methyl sites for hydroxylation is 1. The molecule has 0 saturated heterocycles. The van der Waals surface area contributed by atoms with Crippen molar-refractivity contribution >= 4 is 11.7 Å². The van der Waals surface area contributed by atoms with Crippen molar-refractivity contribution in [3.63, 3.8) is 0 Å². The van der Waals surface area contributed by atoms with Crippen LogP contribution in [0, 0.1) is 17.0 Å². The lowest BCUT2D eigenvalue weighted by Crippen LogP contribution is -2.54. The van der Waals surface area contributed by atoms with Crippen molar-refractivity contribution in [2.45, 2.75) is 32.7 Å². The van der Waals surface area contributed by atoms with Crippen LogP contribution in [-0.4, -0.2) is 34.7 Å². The second-order valence-corrected chi connectivity index (χ2v) is 5.06. The lowest BCUT2D eigenvalue weighted by atomic mass is 10.0. The third-order valence-corrected chi connectivity index (χ3v) is 3.12. The number of carbonyl (C=O) groups is 1. The monoisotopic (exact) mass is 296 g/mol. The Labute approximate surface area is 123 Å². The highest BCUT2D eigenvalue weighted by Crippen LogP contribution is 2.24. The molecule has 0 fully saturated rings. The normalized spacial score (nSPS) is 13.5. The molecule has 0 saturated carbocycles. The van der Waals surface area contributed by atoms with Crippen LogP contribution >= 0.6 is 0 Å². The zero-order chi connectivity index (χ0) is 16.0. The van der Waals surface area contributed by atoms with E-state index in [4.69, 9.17) is 4.74 Å². The molecule has 1 aromatic carbocycles. The van der Waals surface area contributed by atoms with Gasteiger partial charge in [-0.15, -0.1) is 0 Å². The van der Waals surface area contributed by atoms with E-state index in [-0.39, 0.29) is 12.3 Å². The number of carboxylic acids is 1. The van der Waals surface area contributed by atoms with E-state index >= 15 is 0 Å². The first-order valence-electron chi connectivity index (χ1n) is 6.66. The van der Waals surface area contributed by atoms with Gasteiger partial charge in [-0.3, -0.25) is 20.2 Å². The van der Waals surface area contributed by atoms with Gasteiger partial charge in [0.25, 0.3) is 5.69 Å². The van der Waals surface area contributed by atoms with E-state index < -0.39 is 16.4 Å². The number of rotatable bonds is 8. The SMILES string of the molecule is CCCNC(C)(COc1ccc([N+](=O)[O-])cc1C)C(=O)O. The Morgan fingerprint density at radius 2 is 2.19 bits per heavy atom. The van der Waals surface area contributed by atoms with Gasteiger partial charge in [-0.25, -0.2) is 0 Å². The molecule has 0 aromatic heterocycles. The fraction of sp³-hybridized carbons (Fsp3) is 0.500. The Balaban J connectivity index is 2.81. The summed E-state index contributed by atoms with van der Waals surface area (Å²) in [6.07, 6.45) is 0.805. The summed E-state index contributed by atoms with van der Waals surface area (Å²) in [5.41, 5.74) is -0.637. The average molecular weight is 296 g/mol. The summed E-state index contributed by atoms with van der Waals surface area (Å²) in [7, 11) is 0. The van der Waals surface area contributed by atoms with E-state index in [9.17, 15) is 20.0 Å². The molecule has 0 bridgehead atoms. The van der Waals surface area contributed by atoms with Crippen molar-refractivity contribution in [2.24, 2.45) is 0 Å². The van der Waals surface area contributed by atoms with Crippen LogP contribution in [0.25, 0.3) is 0 Å². The Morgan fingerprint density at radius 1 is 1.52 bits per heavy atom. The predicted molar refractivity (Wildman–Crippen MR) is 77.7 cm³/mol. The lowest BCUT2D eigenvalue weighted by Gasteiger charge is -2.26. The molecule has 0 spiro atoms. The Kier molecular flexibility index (Phi) is 5.66. The largest absolute Gasteiger partial charge is 0.491 e. The van der Waals surface area contributed by atoms with Crippen molar-refractivity contribution in [2.75, 3.05) is 13.2 Å². The number of nitrogens with zero attached hydrogens (tertiary/aromatic N) is 1. The van der Waals surface area contributed by atoms with E-state index in [2.05, 4.69) is 5.32 Å². The predicted octanol–water partition coefficient (Wildman–Crippen LogP) is 2.12. The summed E-state index contributed by atoms with van der Waals surface area (Å²) < 4.78 is 5.53. The minimum atomic E-state index is -1.20. The molecule has 21 heavy (non-hydrogen) atoms. The number of ether oxygens (including phenoxy) is 1. The fourth-order valence-corrected chi connectivity index (χ4v) is 1.72. The molecular weight excluding hydrogens is 276 g/mol. The summed E-state index contributed by atoms with van der Waals surface area (Å²) in [5.74, 6) is -0.568. The second kappa shape index (κ2) is 7.03. The molecule has 0 aliphatic rings. The first-order chi connectivity index (χ1) is 9.80.